The monoisotopic (exact) mass is 301 g/mol. The summed E-state index contributed by atoms with van der Waals surface area (Å²) < 4.78 is 28.1. The summed E-state index contributed by atoms with van der Waals surface area (Å²) >= 11 is 0. The Kier molecular flexibility index (Phi) is 3.25. The van der Waals surface area contributed by atoms with E-state index in [1.54, 1.807) is 24.1 Å². The van der Waals surface area contributed by atoms with E-state index in [4.69, 9.17) is 0 Å². The van der Waals surface area contributed by atoms with Crippen molar-refractivity contribution in [3.05, 3.63) is 48.2 Å². The molecule has 1 aliphatic rings. The number of pyridine rings is 1. The Morgan fingerprint density at radius 2 is 2.00 bits per heavy atom. The molecule has 1 aromatic heterocycles. The zero-order valence-electron chi connectivity index (χ0n) is 11.8. The fraction of sp³-hybridized carbons (Fsp3) is 0.200. The summed E-state index contributed by atoms with van der Waals surface area (Å²) in [7, 11) is -3.66. The van der Waals surface area contributed by atoms with Gasteiger partial charge in [-0.05, 0) is 43.2 Å². The molecule has 0 unspecified atom stereocenters. The second-order valence-electron chi connectivity index (χ2n) is 4.80. The minimum absolute atomic E-state index is 0.137. The van der Waals surface area contributed by atoms with E-state index >= 15 is 0 Å². The van der Waals surface area contributed by atoms with Crippen LogP contribution in [-0.4, -0.2) is 19.2 Å². The Morgan fingerprint density at radius 3 is 2.76 bits per heavy atom. The summed E-state index contributed by atoms with van der Waals surface area (Å²) in [5, 5.41) is 0. The highest BCUT2D eigenvalue weighted by molar-refractivity contribution is 7.90. The van der Waals surface area contributed by atoms with Gasteiger partial charge < -0.3 is 0 Å². The van der Waals surface area contributed by atoms with Crippen molar-refractivity contribution in [2.45, 2.75) is 25.2 Å². The van der Waals surface area contributed by atoms with E-state index in [1.165, 1.54) is 11.6 Å². The van der Waals surface area contributed by atoms with Crippen molar-refractivity contribution < 1.29 is 8.42 Å². The van der Waals surface area contributed by atoms with E-state index in [0.717, 1.165) is 12.1 Å². The molecule has 0 spiro atoms. The molecule has 108 valence electrons. The lowest BCUT2D eigenvalue weighted by molar-refractivity contribution is 0.597. The van der Waals surface area contributed by atoms with Crippen molar-refractivity contribution in [1.29, 1.82) is 0 Å². The molecule has 0 radical (unpaired) electrons. The number of anilines is 2. The van der Waals surface area contributed by atoms with Crippen LogP contribution in [0.4, 0.5) is 11.5 Å². The first-order chi connectivity index (χ1) is 10.0. The number of benzene rings is 1. The Bertz CT molecular complexity index is 828. The van der Waals surface area contributed by atoms with E-state index in [0.29, 0.717) is 11.7 Å². The van der Waals surface area contributed by atoms with E-state index in [1.807, 2.05) is 24.3 Å². The Labute approximate surface area is 124 Å². The first kappa shape index (κ1) is 13.8. The van der Waals surface area contributed by atoms with Gasteiger partial charge in [-0.1, -0.05) is 19.1 Å². The van der Waals surface area contributed by atoms with Crippen LogP contribution in [-0.2, 0) is 16.4 Å². The highest BCUT2D eigenvalue weighted by Gasteiger charge is 2.30. The smallest absolute Gasteiger partial charge is 0.281 e. The van der Waals surface area contributed by atoms with Gasteiger partial charge in [0.1, 0.15) is 10.7 Å². The molecule has 21 heavy (non-hydrogen) atoms. The molecule has 0 N–H and O–H groups in total. The fourth-order valence-corrected chi connectivity index (χ4v) is 3.55. The molecule has 0 aliphatic carbocycles. The van der Waals surface area contributed by atoms with Crippen molar-refractivity contribution in [2.75, 3.05) is 4.90 Å². The summed E-state index contributed by atoms with van der Waals surface area (Å²) in [6, 6.07) is 11.1. The predicted molar refractivity (Wildman–Crippen MR) is 82.5 cm³/mol. The quantitative estimate of drug-likeness (QED) is 0.855. The van der Waals surface area contributed by atoms with Crippen molar-refractivity contribution in [1.82, 2.24) is 4.98 Å². The molecular formula is C15H15N3O2S. The van der Waals surface area contributed by atoms with Crippen LogP contribution in [0.15, 0.2) is 51.9 Å². The number of sulfonamides is 1. The van der Waals surface area contributed by atoms with Crippen LogP contribution in [0.25, 0.3) is 0 Å². The van der Waals surface area contributed by atoms with Gasteiger partial charge in [-0.2, -0.15) is 8.42 Å². The minimum atomic E-state index is -3.66. The number of fused-ring (bicyclic) bond motifs is 1. The second-order valence-corrected chi connectivity index (χ2v) is 6.37. The number of amidine groups is 1. The van der Waals surface area contributed by atoms with E-state index in [2.05, 4.69) is 16.3 Å². The fourth-order valence-electron chi connectivity index (χ4n) is 2.39. The zero-order chi connectivity index (χ0) is 15.0. The summed E-state index contributed by atoms with van der Waals surface area (Å²) in [5.74, 6) is 0.799. The SMILES string of the molecule is CCc1cccc(N2C(C)=NS(=O)(=O)c3cccnc32)c1. The standard InChI is InChI=1S/C15H15N3O2S/c1-3-12-6-4-7-13(10-12)18-11(2)17-21(19,20)14-8-5-9-16-15(14)18/h4-10H,3H2,1-2H3. The van der Waals surface area contributed by atoms with Gasteiger partial charge in [-0.3, -0.25) is 4.90 Å². The van der Waals surface area contributed by atoms with Gasteiger partial charge in [-0.25, -0.2) is 4.98 Å². The molecule has 2 heterocycles. The van der Waals surface area contributed by atoms with Crippen LogP contribution in [0.3, 0.4) is 0 Å². The molecule has 0 amide bonds. The number of hydrogen-bond acceptors (Lipinski definition) is 4. The van der Waals surface area contributed by atoms with Crippen molar-refractivity contribution >= 4 is 27.4 Å². The molecule has 2 aromatic rings. The third-order valence-corrected chi connectivity index (χ3v) is 4.77. The lowest BCUT2D eigenvalue weighted by atomic mass is 10.1. The molecular weight excluding hydrogens is 286 g/mol. The third kappa shape index (κ3) is 2.31. The summed E-state index contributed by atoms with van der Waals surface area (Å²) in [5.41, 5.74) is 2.04. The molecule has 5 nitrogen and oxygen atoms in total. The van der Waals surface area contributed by atoms with Gasteiger partial charge in [0.25, 0.3) is 10.0 Å². The van der Waals surface area contributed by atoms with Crippen LogP contribution in [0, 0.1) is 0 Å². The van der Waals surface area contributed by atoms with Crippen LogP contribution >= 0.6 is 0 Å². The van der Waals surface area contributed by atoms with Gasteiger partial charge in [0.05, 0.1) is 0 Å². The maximum atomic E-state index is 12.1. The molecule has 0 saturated carbocycles. The Hall–Kier alpha value is -2.21. The van der Waals surface area contributed by atoms with E-state index < -0.39 is 10.0 Å². The lowest BCUT2D eigenvalue weighted by Crippen LogP contribution is -2.30. The van der Waals surface area contributed by atoms with Crippen molar-refractivity contribution in [3.63, 3.8) is 0 Å². The largest absolute Gasteiger partial charge is 0.287 e. The van der Waals surface area contributed by atoms with Crippen LogP contribution in [0.5, 0.6) is 0 Å². The maximum absolute atomic E-state index is 12.1. The number of hydrogen-bond donors (Lipinski definition) is 0. The van der Waals surface area contributed by atoms with E-state index in [-0.39, 0.29) is 4.90 Å². The summed E-state index contributed by atoms with van der Waals surface area (Å²) in [6.07, 6.45) is 2.49. The highest BCUT2D eigenvalue weighted by atomic mass is 32.2. The molecule has 6 heteroatoms. The molecule has 0 saturated heterocycles. The first-order valence-corrected chi connectivity index (χ1v) is 8.12. The van der Waals surface area contributed by atoms with Gasteiger partial charge in [-0.15, -0.1) is 4.40 Å². The first-order valence-electron chi connectivity index (χ1n) is 6.68. The van der Waals surface area contributed by atoms with Crippen LogP contribution in [0.2, 0.25) is 0 Å². The minimum Gasteiger partial charge on any atom is -0.281 e. The number of rotatable bonds is 2. The maximum Gasteiger partial charge on any atom is 0.287 e. The van der Waals surface area contributed by atoms with Gasteiger partial charge >= 0.3 is 0 Å². The van der Waals surface area contributed by atoms with Crippen LogP contribution in [0.1, 0.15) is 19.4 Å². The van der Waals surface area contributed by atoms with E-state index in [9.17, 15) is 8.42 Å². The number of aryl methyl sites for hydroxylation is 1. The molecule has 3 rings (SSSR count). The van der Waals surface area contributed by atoms with Crippen LogP contribution < -0.4 is 4.90 Å². The molecule has 1 aromatic carbocycles. The third-order valence-electron chi connectivity index (χ3n) is 3.39. The summed E-state index contributed by atoms with van der Waals surface area (Å²) in [4.78, 5) is 6.15. The molecule has 0 bridgehead atoms. The number of nitrogens with zero attached hydrogens (tertiary/aromatic N) is 3. The Morgan fingerprint density at radius 1 is 1.19 bits per heavy atom. The average molecular weight is 301 g/mol. The normalized spacial score (nSPS) is 16.3. The van der Waals surface area contributed by atoms with Crippen molar-refractivity contribution in [2.24, 2.45) is 4.40 Å². The second kappa shape index (κ2) is 4.96. The van der Waals surface area contributed by atoms with Gasteiger partial charge in [0, 0.05) is 11.9 Å². The summed E-state index contributed by atoms with van der Waals surface area (Å²) in [6.45, 7) is 3.75. The Balaban J connectivity index is 2.23. The van der Waals surface area contributed by atoms with Crippen molar-refractivity contribution in [3.8, 4) is 0 Å². The predicted octanol–water partition coefficient (Wildman–Crippen LogP) is 2.90. The zero-order valence-corrected chi connectivity index (χ0v) is 12.6. The van der Waals surface area contributed by atoms with Gasteiger partial charge in [0.15, 0.2) is 5.82 Å². The topological polar surface area (TPSA) is 62.6 Å². The molecule has 0 atom stereocenters. The average Bonchev–Trinajstić information content (AvgIpc) is 2.47. The molecule has 0 fully saturated rings. The molecule has 1 aliphatic heterocycles. The van der Waals surface area contributed by atoms with Gasteiger partial charge in [0.2, 0.25) is 0 Å². The number of aromatic nitrogens is 1. The highest BCUT2D eigenvalue weighted by Crippen LogP contribution is 2.34. The lowest BCUT2D eigenvalue weighted by Gasteiger charge is -2.28.